The maximum Gasteiger partial charge on any atom is 0.338 e. The zero-order chi connectivity index (χ0) is 14.5. The Balaban J connectivity index is 2.35. The van der Waals surface area contributed by atoms with E-state index in [4.69, 9.17) is 4.74 Å². The van der Waals surface area contributed by atoms with Crippen LogP contribution in [0.3, 0.4) is 0 Å². The standard InChI is InChI=1S/C14H18N2O4/c1-20-14(17)11-6-4-7-13(16(18)19)12(11)9-10-5-2-3-8-15-10/h4,6-7,10,15H,2-3,5,8-9H2,1H3. The van der Waals surface area contributed by atoms with E-state index in [1.165, 1.54) is 19.2 Å². The summed E-state index contributed by atoms with van der Waals surface area (Å²) >= 11 is 0. The van der Waals surface area contributed by atoms with Gasteiger partial charge in [0.15, 0.2) is 0 Å². The number of benzene rings is 1. The van der Waals surface area contributed by atoms with Crippen molar-refractivity contribution in [3.8, 4) is 0 Å². The fourth-order valence-corrected chi connectivity index (χ4v) is 2.61. The van der Waals surface area contributed by atoms with E-state index in [1.807, 2.05) is 0 Å². The first-order valence-corrected chi connectivity index (χ1v) is 6.71. The van der Waals surface area contributed by atoms with Crippen molar-refractivity contribution in [2.24, 2.45) is 0 Å². The number of hydrogen-bond donors (Lipinski definition) is 1. The highest BCUT2D eigenvalue weighted by Crippen LogP contribution is 2.26. The summed E-state index contributed by atoms with van der Waals surface area (Å²) in [6, 6.07) is 4.71. The van der Waals surface area contributed by atoms with Gasteiger partial charge in [-0.3, -0.25) is 10.1 Å². The van der Waals surface area contributed by atoms with Crippen molar-refractivity contribution in [3.63, 3.8) is 0 Å². The number of hydrogen-bond acceptors (Lipinski definition) is 5. The van der Waals surface area contributed by atoms with Gasteiger partial charge in [0, 0.05) is 17.7 Å². The molecule has 1 unspecified atom stereocenters. The molecule has 1 aromatic rings. The molecule has 0 aromatic heterocycles. The number of nitro benzene ring substituents is 1. The molecule has 1 aliphatic rings. The molecule has 1 N–H and O–H groups in total. The van der Waals surface area contributed by atoms with Crippen LogP contribution in [0.4, 0.5) is 5.69 Å². The minimum Gasteiger partial charge on any atom is -0.465 e. The Morgan fingerprint density at radius 2 is 2.30 bits per heavy atom. The molecule has 1 saturated heterocycles. The fourth-order valence-electron chi connectivity index (χ4n) is 2.61. The van der Waals surface area contributed by atoms with Crippen molar-refractivity contribution in [2.75, 3.05) is 13.7 Å². The predicted octanol–water partition coefficient (Wildman–Crippen LogP) is 2.07. The number of esters is 1. The molecule has 1 aromatic carbocycles. The topological polar surface area (TPSA) is 81.5 Å². The zero-order valence-corrected chi connectivity index (χ0v) is 11.4. The van der Waals surface area contributed by atoms with Gasteiger partial charge >= 0.3 is 5.97 Å². The van der Waals surface area contributed by atoms with Crippen LogP contribution in [0.2, 0.25) is 0 Å². The Kier molecular flexibility index (Phi) is 4.68. The maximum absolute atomic E-state index is 11.8. The zero-order valence-electron chi connectivity index (χ0n) is 11.4. The molecule has 1 atom stereocenters. The van der Waals surface area contributed by atoms with E-state index in [9.17, 15) is 14.9 Å². The van der Waals surface area contributed by atoms with Crippen molar-refractivity contribution >= 4 is 11.7 Å². The van der Waals surface area contributed by atoms with Crippen LogP contribution in [0.15, 0.2) is 18.2 Å². The van der Waals surface area contributed by atoms with Crippen LogP contribution in [0.1, 0.15) is 35.2 Å². The molecule has 0 aliphatic carbocycles. The number of rotatable bonds is 4. The van der Waals surface area contributed by atoms with Crippen LogP contribution in [-0.2, 0) is 11.2 Å². The number of piperidine rings is 1. The maximum atomic E-state index is 11.8. The molecule has 0 bridgehead atoms. The second-order valence-corrected chi connectivity index (χ2v) is 4.90. The molecule has 2 rings (SSSR count). The molecule has 0 radical (unpaired) electrons. The van der Waals surface area contributed by atoms with Gasteiger partial charge in [-0.25, -0.2) is 4.79 Å². The summed E-state index contributed by atoms with van der Waals surface area (Å²) in [5, 5.41) is 14.5. The van der Waals surface area contributed by atoms with E-state index in [-0.39, 0.29) is 17.3 Å². The predicted molar refractivity (Wildman–Crippen MR) is 73.8 cm³/mol. The highest BCUT2D eigenvalue weighted by atomic mass is 16.6. The first kappa shape index (κ1) is 14.5. The number of nitrogens with one attached hydrogen (secondary N) is 1. The van der Waals surface area contributed by atoms with Crippen molar-refractivity contribution in [3.05, 3.63) is 39.4 Å². The third-order valence-electron chi connectivity index (χ3n) is 3.62. The average Bonchev–Trinajstić information content (AvgIpc) is 2.47. The molecular formula is C14H18N2O4. The van der Waals surface area contributed by atoms with E-state index in [0.717, 1.165) is 25.8 Å². The lowest BCUT2D eigenvalue weighted by Crippen LogP contribution is -2.36. The smallest absolute Gasteiger partial charge is 0.338 e. The molecule has 1 aliphatic heterocycles. The third kappa shape index (κ3) is 3.14. The molecule has 108 valence electrons. The second-order valence-electron chi connectivity index (χ2n) is 4.90. The van der Waals surface area contributed by atoms with E-state index < -0.39 is 10.9 Å². The Morgan fingerprint density at radius 3 is 2.90 bits per heavy atom. The summed E-state index contributed by atoms with van der Waals surface area (Å²) in [6.45, 7) is 0.916. The average molecular weight is 278 g/mol. The lowest BCUT2D eigenvalue weighted by molar-refractivity contribution is -0.385. The van der Waals surface area contributed by atoms with E-state index in [2.05, 4.69) is 5.32 Å². The van der Waals surface area contributed by atoms with Gasteiger partial charge < -0.3 is 10.1 Å². The van der Waals surface area contributed by atoms with E-state index in [1.54, 1.807) is 6.07 Å². The number of carbonyl (C=O) groups excluding carboxylic acids is 1. The van der Waals surface area contributed by atoms with Crippen LogP contribution in [0.5, 0.6) is 0 Å². The van der Waals surface area contributed by atoms with Crippen LogP contribution >= 0.6 is 0 Å². The lowest BCUT2D eigenvalue weighted by Gasteiger charge is -2.24. The Bertz CT molecular complexity index is 510. The molecule has 0 spiro atoms. The Hall–Kier alpha value is -1.95. The first-order chi connectivity index (χ1) is 9.63. The molecule has 6 heteroatoms. The molecule has 6 nitrogen and oxygen atoms in total. The van der Waals surface area contributed by atoms with E-state index in [0.29, 0.717) is 12.0 Å². The monoisotopic (exact) mass is 278 g/mol. The molecule has 0 saturated carbocycles. The quantitative estimate of drug-likeness (QED) is 0.518. The third-order valence-corrected chi connectivity index (χ3v) is 3.62. The Labute approximate surface area is 117 Å². The molecule has 20 heavy (non-hydrogen) atoms. The number of nitro groups is 1. The summed E-state index contributed by atoms with van der Waals surface area (Å²) < 4.78 is 4.72. The first-order valence-electron chi connectivity index (χ1n) is 6.71. The van der Waals surface area contributed by atoms with Crippen molar-refractivity contribution in [2.45, 2.75) is 31.7 Å². The van der Waals surface area contributed by atoms with Gasteiger partial charge in [-0.1, -0.05) is 12.5 Å². The SMILES string of the molecule is COC(=O)c1cccc([N+](=O)[O-])c1CC1CCCCN1. The number of nitrogens with zero attached hydrogens (tertiary/aromatic N) is 1. The van der Waals surface area contributed by atoms with Crippen LogP contribution in [-0.4, -0.2) is 30.6 Å². The van der Waals surface area contributed by atoms with Gasteiger partial charge in [0.1, 0.15) is 0 Å². The minimum absolute atomic E-state index is 0.0136. The van der Waals surface area contributed by atoms with E-state index >= 15 is 0 Å². The largest absolute Gasteiger partial charge is 0.465 e. The van der Waals surface area contributed by atoms with Gasteiger partial charge in [-0.15, -0.1) is 0 Å². The van der Waals surface area contributed by atoms with Crippen molar-refractivity contribution in [1.29, 1.82) is 0 Å². The highest BCUT2D eigenvalue weighted by Gasteiger charge is 2.25. The second kappa shape index (κ2) is 6.47. The molecule has 1 heterocycles. The van der Waals surface area contributed by atoms with Crippen LogP contribution in [0.25, 0.3) is 0 Å². The lowest BCUT2D eigenvalue weighted by atomic mass is 9.93. The minimum atomic E-state index is -0.528. The van der Waals surface area contributed by atoms with Crippen molar-refractivity contribution in [1.82, 2.24) is 5.32 Å². The van der Waals surface area contributed by atoms with Gasteiger partial charge in [-0.05, 0) is 31.9 Å². The van der Waals surface area contributed by atoms with Crippen LogP contribution < -0.4 is 5.32 Å². The van der Waals surface area contributed by atoms with Crippen molar-refractivity contribution < 1.29 is 14.5 Å². The number of methoxy groups -OCH3 is 1. The summed E-state index contributed by atoms with van der Waals surface area (Å²) in [5.41, 5.74) is 0.734. The Morgan fingerprint density at radius 1 is 1.50 bits per heavy atom. The summed E-state index contributed by atoms with van der Waals surface area (Å²) in [4.78, 5) is 22.5. The van der Waals surface area contributed by atoms with Gasteiger partial charge in [0.05, 0.1) is 17.6 Å². The van der Waals surface area contributed by atoms with Gasteiger partial charge in [-0.2, -0.15) is 0 Å². The summed E-state index contributed by atoms with van der Waals surface area (Å²) in [7, 11) is 1.28. The summed E-state index contributed by atoms with van der Waals surface area (Å²) in [6.07, 6.45) is 3.66. The van der Waals surface area contributed by atoms with Gasteiger partial charge in [0.25, 0.3) is 5.69 Å². The molecular weight excluding hydrogens is 260 g/mol. The summed E-state index contributed by atoms with van der Waals surface area (Å²) in [5.74, 6) is -0.528. The number of ether oxygens (including phenoxy) is 1. The van der Waals surface area contributed by atoms with Gasteiger partial charge in [0.2, 0.25) is 0 Å². The normalized spacial score (nSPS) is 18.6. The van der Waals surface area contributed by atoms with Crippen LogP contribution in [0, 0.1) is 10.1 Å². The molecule has 0 amide bonds. The molecule has 1 fully saturated rings. The number of carbonyl (C=O) groups is 1. The highest BCUT2D eigenvalue weighted by molar-refractivity contribution is 5.92. The fraction of sp³-hybridized carbons (Fsp3) is 0.500.